The summed E-state index contributed by atoms with van der Waals surface area (Å²) in [5.41, 5.74) is 3.01. The Balaban J connectivity index is 1.64. The number of aromatic nitrogens is 1. The van der Waals surface area contributed by atoms with Gasteiger partial charge in [-0.2, -0.15) is 0 Å². The smallest absolute Gasteiger partial charge is 0.257 e. The van der Waals surface area contributed by atoms with E-state index in [0.717, 1.165) is 36.1 Å². The maximum Gasteiger partial charge on any atom is 0.257 e. The summed E-state index contributed by atoms with van der Waals surface area (Å²) in [7, 11) is 0. The van der Waals surface area contributed by atoms with E-state index in [1.165, 1.54) is 0 Å². The Morgan fingerprint density at radius 2 is 2.08 bits per heavy atom. The first-order chi connectivity index (χ1) is 11.7. The molecule has 3 aromatic rings. The lowest BCUT2D eigenvalue weighted by atomic mass is 9.93. The zero-order valence-corrected chi connectivity index (χ0v) is 13.4. The Bertz CT molecular complexity index is 864. The van der Waals surface area contributed by atoms with Gasteiger partial charge in [-0.05, 0) is 25.8 Å². The van der Waals surface area contributed by atoms with Gasteiger partial charge >= 0.3 is 0 Å². The van der Waals surface area contributed by atoms with Crippen LogP contribution >= 0.6 is 0 Å². The number of aryl methyl sites for hydroxylation is 2. The lowest BCUT2D eigenvalue weighted by Crippen LogP contribution is -2.31. The number of benzene rings is 1. The van der Waals surface area contributed by atoms with E-state index >= 15 is 0 Å². The highest BCUT2D eigenvalue weighted by Crippen LogP contribution is 2.32. The number of hydrogen-bond donors (Lipinski definition) is 1. The van der Waals surface area contributed by atoms with Crippen molar-refractivity contribution in [3.8, 4) is 11.3 Å². The molecule has 1 N–H and O–H groups in total. The van der Waals surface area contributed by atoms with Crippen LogP contribution in [0.2, 0.25) is 0 Å². The van der Waals surface area contributed by atoms with Gasteiger partial charge in [0.25, 0.3) is 5.91 Å². The van der Waals surface area contributed by atoms with Crippen LogP contribution in [0.15, 0.2) is 51.6 Å². The van der Waals surface area contributed by atoms with Gasteiger partial charge in [0.05, 0.1) is 18.0 Å². The van der Waals surface area contributed by atoms with Crippen LogP contribution in [-0.2, 0) is 6.42 Å². The highest BCUT2D eigenvalue weighted by atomic mass is 16.5. The van der Waals surface area contributed by atoms with Crippen molar-refractivity contribution < 1.29 is 13.7 Å². The second-order valence-electron chi connectivity index (χ2n) is 6.06. The summed E-state index contributed by atoms with van der Waals surface area (Å²) in [5, 5.41) is 7.10. The van der Waals surface area contributed by atoms with E-state index in [-0.39, 0.29) is 11.9 Å². The molecule has 2 aromatic heterocycles. The molecular formula is C19H18N2O3. The highest BCUT2D eigenvalue weighted by molar-refractivity contribution is 6.00. The van der Waals surface area contributed by atoms with Crippen molar-refractivity contribution in [1.29, 1.82) is 0 Å². The van der Waals surface area contributed by atoms with Gasteiger partial charge in [-0.25, -0.2) is 0 Å². The molecule has 1 unspecified atom stereocenters. The van der Waals surface area contributed by atoms with Gasteiger partial charge in [0, 0.05) is 17.5 Å². The maximum absolute atomic E-state index is 12.9. The molecule has 1 aromatic carbocycles. The number of furan rings is 1. The first-order valence-corrected chi connectivity index (χ1v) is 8.13. The molecule has 0 spiro atoms. The standard InChI is InChI=1S/C19H18N2O3/c1-12-17(18(24-21-12)13-6-3-2-4-7-13)19(22)20-15-8-5-9-16-14(15)10-11-23-16/h2-4,6-7,10-11,15H,5,8-9H2,1H3,(H,20,22). The summed E-state index contributed by atoms with van der Waals surface area (Å²) >= 11 is 0. The van der Waals surface area contributed by atoms with Crippen molar-refractivity contribution in [2.45, 2.75) is 32.2 Å². The van der Waals surface area contributed by atoms with Gasteiger partial charge < -0.3 is 14.3 Å². The largest absolute Gasteiger partial charge is 0.469 e. The summed E-state index contributed by atoms with van der Waals surface area (Å²) in [6.07, 6.45) is 4.52. The minimum absolute atomic E-state index is 0.0297. The number of nitrogens with one attached hydrogen (secondary N) is 1. The molecule has 0 fully saturated rings. The van der Waals surface area contributed by atoms with Crippen molar-refractivity contribution in [2.75, 3.05) is 0 Å². The van der Waals surface area contributed by atoms with Crippen LogP contribution in [0.3, 0.4) is 0 Å². The van der Waals surface area contributed by atoms with Crippen LogP contribution in [0.5, 0.6) is 0 Å². The van der Waals surface area contributed by atoms with Crippen LogP contribution in [0, 0.1) is 6.92 Å². The maximum atomic E-state index is 12.9. The fourth-order valence-electron chi connectivity index (χ4n) is 3.29. The van der Waals surface area contributed by atoms with E-state index < -0.39 is 0 Å². The Hall–Kier alpha value is -2.82. The Labute approximate surface area is 139 Å². The number of nitrogens with zero attached hydrogens (tertiary/aromatic N) is 1. The van der Waals surface area contributed by atoms with Crippen molar-refractivity contribution in [2.24, 2.45) is 0 Å². The molecule has 0 saturated carbocycles. The number of amides is 1. The average molecular weight is 322 g/mol. The Kier molecular flexibility index (Phi) is 3.69. The van der Waals surface area contributed by atoms with Crippen LogP contribution in [0.4, 0.5) is 0 Å². The third-order valence-corrected chi connectivity index (χ3v) is 4.48. The molecule has 2 heterocycles. The molecule has 4 rings (SSSR count). The van der Waals surface area contributed by atoms with Crippen LogP contribution < -0.4 is 5.32 Å². The molecule has 0 bridgehead atoms. The predicted octanol–water partition coefficient (Wildman–Crippen LogP) is 4.05. The number of carbonyl (C=O) groups excluding carboxylic acids is 1. The molecule has 0 aliphatic heterocycles. The van der Waals surface area contributed by atoms with Gasteiger partial charge in [0.1, 0.15) is 11.3 Å². The number of fused-ring (bicyclic) bond motifs is 1. The molecule has 5 heteroatoms. The Morgan fingerprint density at radius 3 is 2.92 bits per heavy atom. The molecule has 1 amide bonds. The van der Waals surface area contributed by atoms with Crippen LogP contribution in [0.1, 0.15) is 46.3 Å². The fraction of sp³-hybridized carbons (Fsp3) is 0.263. The molecule has 5 nitrogen and oxygen atoms in total. The zero-order chi connectivity index (χ0) is 16.5. The number of carbonyl (C=O) groups is 1. The second kappa shape index (κ2) is 6.00. The molecule has 1 aliphatic rings. The van der Waals surface area contributed by atoms with Gasteiger partial charge in [-0.3, -0.25) is 4.79 Å². The molecule has 1 aliphatic carbocycles. The van der Waals surface area contributed by atoms with E-state index in [1.807, 2.05) is 36.4 Å². The second-order valence-corrected chi connectivity index (χ2v) is 6.06. The summed E-state index contributed by atoms with van der Waals surface area (Å²) < 4.78 is 10.9. The third-order valence-electron chi connectivity index (χ3n) is 4.48. The van der Waals surface area contributed by atoms with Crippen molar-refractivity contribution >= 4 is 5.91 Å². The molecule has 0 radical (unpaired) electrons. The van der Waals surface area contributed by atoms with E-state index in [1.54, 1.807) is 13.2 Å². The first kappa shape index (κ1) is 14.8. The number of hydrogen-bond acceptors (Lipinski definition) is 4. The van der Waals surface area contributed by atoms with Crippen molar-refractivity contribution in [3.63, 3.8) is 0 Å². The highest BCUT2D eigenvalue weighted by Gasteiger charge is 2.28. The van der Waals surface area contributed by atoms with E-state index in [0.29, 0.717) is 17.0 Å². The molecule has 1 atom stereocenters. The monoisotopic (exact) mass is 322 g/mol. The SMILES string of the molecule is Cc1noc(-c2ccccc2)c1C(=O)NC1CCCc2occc21. The summed E-state index contributed by atoms with van der Waals surface area (Å²) in [6, 6.07) is 11.5. The van der Waals surface area contributed by atoms with Crippen LogP contribution in [-0.4, -0.2) is 11.1 Å². The predicted molar refractivity (Wildman–Crippen MR) is 88.5 cm³/mol. The fourth-order valence-corrected chi connectivity index (χ4v) is 3.29. The molecule has 0 saturated heterocycles. The molecular weight excluding hydrogens is 304 g/mol. The first-order valence-electron chi connectivity index (χ1n) is 8.13. The van der Waals surface area contributed by atoms with E-state index in [9.17, 15) is 4.79 Å². The van der Waals surface area contributed by atoms with Gasteiger partial charge in [0.2, 0.25) is 0 Å². The summed E-state index contributed by atoms with van der Waals surface area (Å²) in [4.78, 5) is 12.9. The normalized spacial score (nSPS) is 16.6. The van der Waals surface area contributed by atoms with Gasteiger partial charge in [0.15, 0.2) is 5.76 Å². The Morgan fingerprint density at radius 1 is 1.25 bits per heavy atom. The lowest BCUT2D eigenvalue weighted by Gasteiger charge is -2.22. The lowest BCUT2D eigenvalue weighted by molar-refractivity contribution is 0.0932. The van der Waals surface area contributed by atoms with Gasteiger partial charge in [-0.15, -0.1) is 0 Å². The van der Waals surface area contributed by atoms with Crippen molar-refractivity contribution in [1.82, 2.24) is 10.5 Å². The third kappa shape index (κ3) is 2.52. The zero-order valence-electron chi connectivity index (χ0n) is 13.4. The summed E-state index contributed by atoms with van der Waals surface area (Å²) in [6.45, 7) is 1.79. The summed E-state index contributed by atoms with van der Waals surface area (Å²) in [5.74, 6) is 1.32. The molecule has 24 heavy (non-hydrogen) atoms. The van der Waals surface area contributed by atoms with Gasteiger partial charge in [-0.1, -0.05) is 35.5 Å². The molecule has 122 valence electrons. The van der Waals surface area contributed by atoms with E-state index in [2.05, 4.69) is 10.5 Å². The number of rotatable bonds is 3. The topological polar surface area (TPSA) is 68.3 Å². The minimum Gasteiger partial charge on any atom is -0.469 e. The average Bonchev–Trinajstić information content (AvgIpc) is 3.22. The minimum atomic E-state index is -0.161. The van der Waals surface area contributed by atoms with Crippen LogP contribution in [0.25, 0.3) is 11.3 Å². The van der Waals surface area contributed by atoms with E-state index in [4.69, 9.17) is 8.94 Å². The quantitative estimate of drug-likeness (QED) is 0.790. The van der Waals surface area contributed by atoms with Crippen molar-refractivity contribution in [3.05, 3.63) is 65.2 Å².